The van der Waals surface area contributed by atoms with Gasteiger partial charge >= 0.3 is 12.1 Å². The van der Waals surface area contributed by atoms with E-state index in [1.807, 2.05) is 0 Å². The minimum atomic E-state index is -4.44. The number of hydrogen-bond donors (Lipinski definition) is 1. The second-order valence-electron chi connectivity index (χ2n) is 10.8. The number of carbonyl (C=O) groups excluding carboxylic acids is 1. The van der Waals surface area contributed by atoms with E-state index < -0.39 is 33.8 Å². The van der Waals surface area contributed by atoms with E-state index in [2.05, 4.69) is 30.9 Å². The summed E-state index contributed by atoms with van der Waals surface area (Å²) in [6.07, 6.45) is 1.38. The molecule has 0 aliphatic heterocycles. The third kappa shape index (κ3) is 4.11. The van der Waals surface area contributed by atoms with Crippen molar-refractivity contribution in [2.24, 2.45) is 10.4 Å². The number of halogens is 4. The van der Waals surface area contributed by atoms with Crippen LogP contribution in [0.4, 0.5) is 13.2 Å². The van der Waals surface area contributed by atoms with Gasteiger partial charge in [-0.15, -0.1) is 0 Å². The Morgan fingerprint density at radius 1 is 1.13 bits per heavy atom. The van der Waals surface area contributed by atoms with Crippen LogP contribution in [0.2, 0.25) is 0 Å². The first-order valence-corrected chi connectivity index (χ1v) is 14.0. The van der Waals surface area contributed by atoms with Crippen LogP contribution in [-0.4, -0.2) is 54.2 Å². The average molecular weight is 603 g/mol. The van der Waals surface area contributed by atoms with Crippen LogP contribution in [0.5, 0.6) is 0 Å². The van der Waals surface area contributed by atoms with Crippen molar-refractivity contribution in [2.75, 3.05) is 0 Å². The Hall–Kier alpha value is -3.08. The lowest BCUT2D eigenvalue weighted by molar-refractivity contribution is -0.162. The zero-order valence-electron chi connectivity index (χ0n) is 20.9. The molecule has 0 bridgehead atoms. The molecule has 2 atom stereocenters. The number of hydrogen-bond acceptors (Lipinski definition) is 5. The summed E-state index contributed by atoms with van der Waals surface area (Å²) in [6.45, 7) is 0. The van der Waals surface area contributed by atoms with Crippen LogP contribution < -0.4 is 0 Å². The maximum Gasteiger partial charge on any atom is 0.401 e. The lowest BCUT2D eigenvalue weighted by atomic mass is 9.58. The molecule has 2 heterocycles. The van der Waals surface area contributed by atoms with Crippen LogP contribution in [0.15, 0.2) is 47.6 Å². The number of aliphatic carboxylic acids is 1. The number of benzene rings is 1. The summed E-state index contributed by atoms with van der Waals surface area (Å²) in [7, 11) is 0. The van der Waals surface area contributed by atoms with Gasteiger partial charge in [0.25, 0.3) is 0 Å². The zero-order valence-corrected chi connectivity index (χ0v) is 22.5. The van der Waals surface area contributed by atoms with Gasteiger partial charge in [-0.25, -0.2) is 14.8 Å². The number of aromatic nitrogens is 3. The van der Waals surface area contributed by atoms with Gasteiger partial charge < -0.3 is 5.11 Å². The molecule has 3 fully saturated rings. The number of imidazole rings is 1. The summed E-state index contributed by atoms with van der Waals surface area (Å²) in [5.41, 5.74) is -0.174. The first kappa shape index (κ1) is 26.2. The number of carbonyl (C=O) groups is 2. The molecule has 1 aromatic carbocycles. The standard InChI is InChI=1S/C28H26BrF3N4O3/c29-20-21(26(22(20)37)10-2-1-3-11-26)34-19(24(38)39)15-16-6-8-17(9-7-16)36-23-18(5-4-14-33-23)35-25(36)27(12-13-27)28(30,31)32/h4-9,14,19-20H,1-3,10-13,15H2,(H,38,39)/t19-,20?/m0/s1. The van der Waals surface area contributed by atoms with E-state index in [1.165, 1.54) is 10.8 Å². The number of rotatable bonds is 6. The minimum Gasteiger partial charge on any atom is -0.480 e. The van der Waals surface area contributed by atoms with Gasteiger partial charge in [-0.1, -0.05) is 47.3 Å². The average Bonchev–Trinajstić information content (AvgIpc) is 3.66. The summed E-state index contributed by atoms with van der Waals surface area (Å²) in [6, 6.07) is 8.92. The minimum absolute atomic E-state index is 0.0307. The van der Waals surface area contributed by atoms with Crippen LogP contribution >= 0.6 is 15.9 Å². The molecule has 39 heavy (non-hydrogen) atoms. The SMILES string of the molecule is O=C(O)[C@H](Cc1ccc(-n2c(C3(C(F)(F)F)CC3)nc3cccnc32)cc1)N=C1C(Br)C(=O)C12CCCCC2. The number of carboxylic acids is 1. The van der Waals surface area contributed by atoms with Crippen molar-refractivity contribution in [3.63, 3.8) is 0 Å². The number of fused-ring (bicyclic) bond motifs is 1. The van der Waals surface area contributed by atoms with Crippen LogP contribution in [0.1, 0.15) is 56.3 Å². The van der Waals surface area contributed by atoms with Gasteiger partial charge in [0.15, 0.2) is 17.5 Å². The molecule has 1 spiro atoms. The maximum absolute atomic E-state index is 14.0. The molecule has 204 valence electrons. The third-order valence-electron chi connectivity index (χ3n) is 8.48. The number of nitrogens with zero attached hydrogens (tertiary/aromatic N) is 4. The Bertz CT molecular complexity index is 1490. The molecule has 3 saturated carbocycles. The molecule has 3 aliphatic rings. The molecule has 2 aromatic heterocycles. The molecule has 0 amide bonds. The molecule has 3 aromatic rings. The quantitative estimate of drug-likeness (QED) is 0.362. The number of aliphatic imine (C=N–C) groups is 1. The molecule has 0 saturated heterocycles. The van der Waals surface area contributed by atoms with Crippen molar-refractivity contribution in [1.82, 2.24) is 14.5 Å². The lowest BCUT2D eigenvalue weighted by Crippen LogP contribution is -2.61. The largest absolute Gasteiger partial charge is 0.480 e. The van der Waals surface area contributed by atoms with E-state index in [0.717, 1.165) is 19.3 Å². The molecular formula is C28H26BrF3N4O3. The van der Waals surface area contributed by atoms with Crippen molar-refractivity contribution in [3.05, 3.63) is 54.0 Å². The van der Waals surface area contributed by atoms with Gasteiger partial charge in [-0.2, -0.15) is 13.2 Å². The number of alkyl halides is 4. The molecule has 3 aliphatic carbocycles. The Balaban J connectivity index is 1.31. The van der Waals surface area contributed by atoms with E-state index in [-0.39, 0.29) is 30.9 Å². The highest BCUT2D eigenvalue weighted by Crippen LogP contribution is 2.59. The number of carboxylic acid groups (broad SMARTS) is 1. The van der Waals surface area contributed by atoms with Crippen molar-refractivity contribution in [2.45, 2.75) is 73.8 Å². The fraction of sp³-hybridized carbons (Fsp3) is 0.464. The summed E-state index contributed by atoms with van der Waals surface area (Å²) >= 11 is 3.39. The van der Waals surface area contributed by atoms with E-state index in [9.17, 15) is 27.9 Å². The first-order chi connectivity index (χ1) is 18.6. The van der Waals surface area contributed by atoms with Gasteiger partial charge in [0.05, 0.1) is 5.41 Å². The fourth-order valence-electron chi connectivity index (χ4n) is 6.10. The molecule has 7 nitrogen and oxygen atoms in total. The second kappa shape index (κ2) is 9.25. The van der Waals surface area contributed by atoms with Crippen LogP contribution in [-0.2, 0) is 21.4 Å². The van der Waals surface area contributed by atoms with Crippen molar-refractivity contribution in [1.29, 1.82) is 0 Å². The van der Waals surface area contributed by atoms with Gasteiger partial charge in [0.2, 0.25) is 0 Å². The topological polar surface area (TPSA) is 97.4 Å². The van der Waals surface area contributed by atoms with Gasteiger partial charge in [0.1, 0.15) is 21.6 Å². The summed E-state index contributed by atoms with van der Waals surface area (Å²) in [5, 5.41) is 9.94. The molecule has 11 heteroatoms. The highest BCUT2D eigenvalue weighted by atomic mass is 79.9. The molecule has 1 N–H and O–H groups in total. The zero-order chi connectivity index (χ0) is 27.6. The fourth-order valence-corrected chi connectivity index (χ4v) is 7.10. The molecule has 6 rings (SSSR count). The van der Waals surface area contributed by atoms with E-state index in [4.69, 9.17) is 0 Å². The molecular weight excluding hydrogens is 577 g/mol. The van der Waals surface area contributed by atoms with Crippen LogP contribution in [0.25, 0.3) is 16.9 Å². The number of pyridine rings is 1. The van der Waals surface area contributed by atoms with Crippen molar-refractivity contribution < 1.29 is 27.9 Å². The first-order valence-electron chi connectivity index (χ1n) is 13.1. The summed E-state index contributed by atoms with van der Waals surface area (Å²) in [4.78, 5) is 37.5. The summed E-state index contributed by atoms with van der Waals surface area (Å²) in [5.74, 6) is -1.09. The maximum atomic E-state index is 14.0. The van der Waals surface area contributed by atoms with Crippen LogP contribution in [0, 0.1) is 5.41 Å². The predicted molar refractivity (Wildman–Crippen MR) is 142 cm³/mol. The van der Waals surface area contributed by atoms with Crippen molar-refractivity contribution >= 4 is 44.6 Å². The van der Waals surface area contributed by atoms with Crippen LogP contribution in [0.3, 0.4) is 0 Å². The monoisotopic (exact) mass is 602 g/mol. The Morgan fingerprint density at radius 3 is 2.44 bits per heavy atom. The highest BCUT2D eigenvalue weighted by Gasteiger charge is 2.67. The van der Waals surface area contributed by atoms with Crippen molar-refractivity contribution in [3.8, 4) is 5.69 Å². The highest BCUT2D eigenvalue weighted by molar-refractivity contribution is 9.10. The number of ketones is 1. The van der Waals surface area contributed by atoms with E-state index >= 15 is 0 Å². The Kier molecular flexibility index (Phi) is 6.20. The third-order valence-corrected chi connectivity index (χ3v) is 9.33. The Labute approximate surface area is 230 Å². The normalized spacial score (nSPS) is 23.6. The number of Topliss-reactive ketones (excluding diaryl/α,β-unsaturated/α-hetero) is 1. The van der Waals surface area contributed by atoms with Gasteiger partial charge in [0, 0.05) is 24.0 Å². The second-order valence-corrected chi connectivity index (χ2v) is 11.7. The van der Waals surface area contributed by atoms with E-state index in [0.29, 0.717) is 41.0 Å². The summed E-state index contributed by atoms with van der Waals surface area (Å²) < 4.78 is 43.6. The smallest absolute Gasteiger partial charge is 0.401 e. The molecule has 0 radical (unpaired) electrons. The predicted octanol–water partition coefficient (Wildman–Crippen LogP) is 5.75. The Morgan fingerprint density at radius 2 is 1.82 bits per heavy atom. The lowest BCUT2D eigenvalue weighted by Gasteiger charge is -2.47. The molecule has 1 unspecified atom stereocenters. The van der Waals surface area contributed by atoms with E-state index in [1.54, 1.807) is 36.4 Å². The van der Waals surface area contributed by atoms with Gasteiger partial charge in [-0.05, 0) is 55.5 Å². The van der Waals surface area contributed by atoms with Gasteiger partial charge in [-0.3, -0.25) is 14.4 Å².